The number of amides is 2. The molecule has 1 fully saturated rings. The van der Waals surface area contributed by atoms with E-state index in [9.17, 15) is 9.59 Å². The van der Waals surface area contributed by atoms with Crippen LogP contribution in [0.2, 0.25) is 0 Å². The predicted octanol–water partition coefficient (Wildman–Crippen LogP) is 5.42. The van der Waals surface area contributed by atoms with E-state index in [-0.39, 0.29) is 17.2 Å². The summed E-state index contributed by atoms with van der Waals surface area (Å²) in [4.78, 5) is 47.0. The van der Waals surface area contributed by atoms with Gasteiger partial charge in [-0.05, 0) is 68.5 Å². The molecule has 1 saturated heterocycles. The first-order valence-corrected chi connectivity index (χ1v) is 15.8. The lowest BCUT2D eigenvalue weighted by molar-refractivity contribution is 0.0360. The number of fused-ring (bicyclic) bond motifs is 1. The van der Waals surface area contributed by atoms with Gasteiger partial charge in [-0.15, -0.1) is 0 Å². The monoisotopic (exact) mass is 604 g/mol. The number of nitrogens with zero attached hydrogens (tertiary/aromatic N) is 6. The average molecular weight is 605 g/mol. The standard InChI is InChI=1S/C36H40N6O3/c1-28-10-7-14-31(39-28)34(44)40-22-17-36(18-23-40)16-8-21-41(35-37-19-9-20-38-35)24-25-42(26-29-11-3-2-4-12-29)33(43)30-13-5-6-15-32(30)45-27-36/h2-7,9-15,19-20H,8,16-18,21-27H2,1H3. The molecule has 2 aliphatic rings. The van der Waals surface area contributed by atoms with Crippen LogP contribution in [0.25, 0.3) is 0 Å². The number of likely N-dealkylation sites (tertiary alicyclic amines) is 1. The van der Waals surface area contributed by atoms with Crippen LogP contribution in [0.5, 0.6) is 5.75 Å². The highest BCUT2D eigenvalue weighted by Crippen LogP contribution is 2.38. The highest BCUT2D eigenvalue weighted by molar-refractivity contribution is 5.97. The lowest BCUT2D eigenvalue weighted by Gasteiger charge is -2.42. The van der Waals surface area contributed by atoms with Crippen LogP contribution in [0.4, 0.5) is 5.95 Å². The predicted molar refractivity (Wildman–Crippen MR) is 173 cm³/mol. The molecule has 0 saturated carbocycles. The first-order chi connectivity index (χ1) is 22.0. The van der Waals surface area contributed by atoms with Crippen LogP contribution in [0.1, 0.15) is 57.8 Å². The number of aromatic nitrogens is 3. The van der Waals surface area contributed by atoms with E-state index >= 15 is 0 Å². The van der Waals surface area contributed by atoms with Gasteiger partial charge >= 0.3 is 0 Å². The van der Waals surface area contributed by atoms with E-state index in [2.05, 4.69) is 19.9 Å². The molecule has 4 aromatic rings. The van der Waals surface area contributed by atoms with Crippen LogP contribution in [0, 0.1) is 12.3 Å². The van der Waals surface area contributed by atoms with Crippen molar-refractivity contribution < 1.29 is 14.3 Å². The number of ether oxygens (including phenoxy) is 1. The lowest BCUT2D eigenvalue weighted by atomic mass is 9.75. The molecule has 2 aliphatic heterocycles. The number of benzene rings is 2. The Bertz CT molecular complexity index is 1590. The molecule has 9 nitrogen and oxygen atoms in total. The maximum absolute atomic E-state index is 14.2. The second kappa shape index (κ2) is 13.9. The summed E-state index contributed by atoms with van der Waals surface area (Å²) < 4.78 is 6.57. The lowest BCUT2D eigenvalue weighted by Crippen LogP contribution is -2.46. The van der Waals surface area contributed by atoms with Gasteiger partial charge in [0.05, 0.1) is 12.2 Å². The number of piperidine rings is 1. The molecule has 0 unspecified atom stereocenters. The summed E-state index contributed by atoms with van der Waals surface area (Å²) in [6.45, 7) is 5.99. The van der Waals surface area contributed by atoms with Gasteiger partial charge in [0.2, 0.25) is 5.95 Å². The maximum Gasteiger partial charge on any atom is 0.272 e. The number of carbonyl (C=O) groups excluding carboxylic acids is 2. The molecule has 2 aromatic heterocycles. The Morgan fingerprint density at radius 1 is 0.822 bits per heavy atom. The maximum atomic E-state index is 14.2. The smallest absolute Gasteiger partial charge is 0.272 e. The van der Waals surface area contributed by atoms with Crippen molar-refractivity contribution in [2.24, 2.45) is 5.41 Å². The summed E-state index contributed by atoms with van der Waals surface area (Å²) in [7, 11) is 0. The van der Waals surface area contributed by atoms with Gasteiger partial charge in [0.15, 0.2) is 0 Å². The van der Waals surface area contributed by atoms with Crippen molar-refractivity contribution in [3.8, 4) is 5.75 Å². The number of rotatable bonds is 4. The Morgan fingerprint density at radius 2 is 1.58 bits per heavy atom. The van der Waals surface area contributed by atoms with Crippen LogP contribution in [-0.2, 0) is 6.54 Å². The fourth-order valence-corrected chi connectivity index (χ4v) is 6.35. The summed E-state index contributed by atoms with van der Waals surface area (Å²) in [5.41, 5.74) is 2.80. The van der Waals surface area contributed by atoms with Crippen molar-refractivity contribution >= 4 is 17.8 Å². The fraction of sp³-hybridized carbons (Fsp3) is 0.361. The van der Waals surface area contributed by atoms with Crippen LogP contribution >= 0.6 is 0 Å². The number of carbonyl (C=O) groups is 2. The first kappa shape index (κ1) is 30.2. The zero-order valence-electron chi connectivity index (χ0n) is 25.8. The Balaban J connectivity index is 1.27. The Kier molecular flexibility index (Phi) is 9.33. The molecule has 0 radical (unpaired) electrons. The molecule has 9 heteroatoms. The largest absolute Gasteiger partial charge is 0.492 e. The molecular formula is C36H40N6O3. The average Bonchev–Trinajstić information content (AvgIpc) is 3.09. The highest BCUT2D eigenvalue weighted by Gasteiger charge is 2.38. The normalized spacial score (nSPS) is 17.4. The van der Waals surface area contributed by atoms with E-state index in [0.717, 1.165) is 43.5 Å². The number of pyridine rings is 1. The van der Waals surface area contributed by atoms with Crippen LogP contribution in [0.15, 0.2) is 91.3 Å². The van der Waals surface area contributed by atoms with Gasteiger partial charge in [-0.2, -0.15) is 0 Å². The third-order valence-electron chi connectivity index (χ3n) is 8.98. The number of hydrogen-bond donors (Lipinski definition) is 0. The van der Waals surface area contributed by atoms with E-state index in [0.29, 0.717) is 62.3 Å². The Hall–Kier alpha value is -4.79. The molecule has 1 spiro atoms. The summed E-state index contributed by atoms with van der Waals surface area (Å²) in [6.07, 6.45) is 6.97. The number of aryl methyl sites for hydroxylation is 1. The Morgan fingerprint density at radius 3 is 2.36 bits per heavy atom. The van der Waals surface area contributed by atoms with Gasteiger partial charge in [0, 0.05) is 62.8 Å². The third-order valence-corrected chi connectivity index (χ3v) is 8.98. The van der Waals surface area contributed by atoms with Gasteiger partial charge < -0.3 is 19.4 Å². The minimum absolute atomic E-state index is 0.0269. The SMILES string of the molecule is Cc1cccc(C(=O)N2CCC3(CCCN(c4ncccn4)CCN(Cc4ccccc4)C(=O)c4ccccc4OC3)CC2)n1. The molecular weight excluding hydrogens is 564 g/mol. The van der Waals surface area contributed by atoms with Crippen molar-refractivity contribution in [1.29, 1.82) is 0 Å². The number of para-hydroxylation sites is 1. The second-order valence-electron chi connectivity index (χ2n) is 12.1. The van der Waals surface area contributed by atoms with Crippen molar-refractivity contribution in [2.75, 3.05) is 44.2 Å². The van der Waals surface area contributed by atoms with Crippen molar-refractivity contribution in [1.82, 2.24) is 24.8 Å². The highest BCUT2D eigenvalue weighted by atomic mass is 16.5. The van der Waals surface area contributed by atoms with E-state index in [4.69, 9.17) is 4.74 Å². The molecule has 0 atom stereocenters. The van der Waals surface area contributed by atoms with Crippen LogP contribution in [-0.4, -0.2) is 75.9 Å². The number of anilines is 1. The quantitative estimate of drug-likeness (QED) is 0.307. The van der Waals surface area contributed by atoms with Crippen LogP contribution < -0.4 is 9.64 Å². The summed E-state index contributed by atoms with van der Waals surface area (Å²) >= 11 is 0. The van der Waals surface area contributed by atoms with Crippen molar-refractivity contribution in [3.05, 3.63) is 114 Å². The summed E-state index contributed by atoms with van der Waals surface area (Å²) in [5.74, 6) is 1.17. The summed E-state index contributed by atoms with van der Waals surface area (Å²) in [5, 5.41) is 0. The van der Waals surface area contributed by atoms with Crippen LogP contribution in [0.3, 0.4) is 0 Å². The molecule has 0 N–H and O–H groups in total. The summed E-state index contributed by atoms with van der Waals surface area (Å²) in [6, 6.07) is 25.0. The van der Waals surface area contributed by atoms with Gasteiger partial charge in [0.1, 0.15) is 11.4 Å². The molecule has 45 heavy (non-hydrogen) atoms. The van der Waals surface area contributed by atoms with E-state index in [1.165, 1.54) is 0 Å². The molecule has 232 valence electrons. The fourth-order valence-electron chi connectivity index (χ4n) is 6.35. The minimum Gasteiger partial charge on any atom is -0.492 e. The molecule has 2 amide bonds. The minimum atomic E-state index is -0.145. The topological polar surface area (TPSA) is 91.8 Å². The van der Waals surface area contributed by atoms with Gasteiger partial charge in [-0.3, -0.25) is 9.59 Å². The van der Waals surface area contributed by atoms with Gasteiger partial charge in [-0.25, -0.2) is 15.0 Å². The molecule has 0 aliphatic carbocycles. The zero-order valence-corrected chi connectivity index (χ0v) is 25.8. The van der Waals surface area contributed by atoms with E-state index in [1.807, 2.05) is 89.5 Å². The second-order valence-corrected chi connectivity index (χ2v) is 12.1. The molecule has 0 bridgehead atoms. The first-order valence-electron chi connectivity index (χ1n) is 15.8. The molecule has 2 aromatic carbocycles. The zero-order chi connectivity index (χ0) is 31.1. The van der Waals surface area contributed by atoms with E-state index < -0.39 is 0 Å². The molecule has 6 rings (SSSR count). The van der Waals surface area contributed by atoms with Gasteiger partial charge in [0.25, 0.3) is 11.8 Å². The Labute approximate surface area is 264 Å². The van der Waals surface area contributed by atoms with Crippen molar-refractivity contribution in [2.45, 2.75) is 39.2 Å². The molecule has 4 heterocycles. The van der Waals surface area contributed by atoms with E-state index in [1.54, 1.807) is 18.5 Å². The third kappa shape index (κ3) is 7.30. The number of hydrogen-bond acceptors (Lipinski definition) is 7. The van der Waals surface area contributed by atoms with Crippen molar-refractivity contribution in [3.63, 3.8) is 0 Å². The van der Waals surface area contributed by atoms with Gasteiger partial charge in [-0.1, -0.05) is 48.5 Å².